The van der Waals surface area contributed by atoms with E-state index in [0.29, 0.717) is 17.6 Å². The zero-order valence-electron chi connectivity index (χ0n) is 12.4. The minimum absolute atomic E-state index is 0.0114. The number of nitrogens with one attached hydrogen (secondary N) is 1. The van der Waals surface area contributed by atoms with Gasteiger partial charge in [0.05, 0.1) is 5.02 Å². The van der Waals surface area contributed by atoms with Gasteiger partial charge in [-0.25, -0.2) is 4.39 Å². The Balaban J connectivity index is 1.83. The van der Waals surface area contributed by atoms with E-state index in [4.69, 9.17) is 16.3 Å². The molecule has 0 aromatic heterocycles. The molecule has 0 bridgehead atoms. The fourth-order valence-electron chi connectivity index (χ4n) is 2.75. The van der Waals surface area contributed by atoms with Crippen molar-refractivity contribution in [1.82, 2.24) is 5.32 Å². The highest BCUT2D eigenvalue weighted by Gasteiger charge is 2.28. The fraction of sp³-hybridized carbons (Fsp3) is 0.562. The van der Waals surface area contributed by atoms with Crippen LogP contribution in [0.4, 0.5) is 4.39 Å². The van der Waals surface area contributed by atoms with Crippen molar-refractivity contribution in [3.63, 3.8) is 0 Å². The predicted molar refractivity (Wildman–Crippen MR) is 81.0 cm³/mol. The van der Waals surface area contributed by atoms with Crippen LogP contribution < -0.4 is 10.1 Å². The van der Waals surface area contributed by atoms with Crippen LogP contribution >= 0.6 is 11.6 Å². The number of hydrogen-bond acceptors (Lipinski definition) is 2. The minimum atomic E-state index is -0.501. The van der Waals surface area contributed by atoms with E-state index in [0.717, 1.165) is 12.8 Å². The molecule has 1 aromatic rings. The van der Waals surface area contributed by atoms with Gasteiger partial charge in [-0.2, -0.15) is 0 Å². The molecule has 3 nitrogen and oxygen atoms in total. The first-order valence-corrected chi connectivity index (χ1v) is 7.72. The second kappa shape index (κ2) is 7.12. The van der Waals surface area contributed by atoms with Gasteiger partial charge in [0.25, 0.3) is 5.91 Å². The average Bonchev–Trinajstić information content (AvgIpc) is 2.45. The first-order chi connectivity index (χ1) is 9.97. The van der Waals surface area contributed by atoms with Crippen molar-refractivity contribution < 1.29 is 13.9 Å². The number of benzene rings is 1. The Morgan fingerprint density at radius 2 is 2.19 bits per heavy atom. The summed E-state index contributed by atoms with van der Waals surface area (Å²) < 4.78 is 18.4. The maximum absolute atomic E-state index is 13.0. The van der Waals surface area contributed by atoms with Crippen LogP contribution in [0.3, 0.4) is 0 Å². The van der Waals surface area contributed by atoms with Gasteiger partial charge in [-0.15, -0.1) is 0 Å². The van der Waals surface area contributed by atoms with E-state index in [1.807, 2.05) is 0 Å². The Labute approximate surface area is 129 Å². The second-order valence-electron chi connectivity index (χ2n) is 5.81. The Bertz CT molecular complexity index is 509. The first kappa shape index (κ1) is 16.1. The molecule has 116 valence electrons. The van der Waals surface area contributed by atoms with Gasteiger partial charge in [0, 0.05) is 12.1 Å². The van der Waals surface area contributed by atoms with E-state index in [9.17, 15) is 9.18 Å². The molecule has 0 heterocycles. The molecule has 0 radical (unpaired) electrons. The topological polar surface area (TPSA) is 38.3 Å². The van der Waals surface area contributed by atoms with Gasteiger partial charge in [0.2, 0.25) is 0 Å². The molecule has 1 N–H and O–H groups in total. The lowest BCUT2D eigenvalue weighted by atomic mass is 9.78. The SMILES string of the molecule is C[C@@H]1[C@H](C)CCC[C@@H]1NC(=O)COc1ccc(F)c(Cl)c1. The summed E-state index contributed by atoms with van der Waals surface area (Å²) in [4.78, 5) is 11.9. The van der Waals surface area contributed by atoms with E-state index in [1.54, 1.807) is 0 Å². The standard InChI is InChI=1S/C16H21ClFNO2/c1-10-4-3-5-15(11(10)2)19-16(20)9-21-12-6-7-14(18)13(17)8-12/h6-8,10-11,15H,3-5,9H2,1-2H3,(H,19,20)/t10-,11-,15+/m1/s1. The largest absolute Gasteiger partial charge is 0.484 e. The molecule has 0 spiro atoms. The molecular weight excluding hydrogens is 293 g/mol. The molecule has 1 aromatic carbocycles. The van der Waals surface area contributed by atoms with E-state index in [1.165, 1.54) is 24.6 Å². The highest BCUT2D eigenvalue weighted by Crippen LogP contribution is 2.29. The van der Waals surface area contributed by atoms with Crippen LogP contribution in [0, 0.1) is 17.7 Å². The van der Waals surface area contributed by atoms with Crippen LogP contribution in [0.5, 0.6) is 5.75 Å². The third-order valence-corrected chi connectivity index (χ3v) is 4.60. The summed E-state index contributed by atoms with van der Waals surface area (Å²) in [5.74, 6) is 0.838. The highest BCUT2D eigenvalue weighted by atomic mass is 35.5. The zero-order valence-corrected chi connectivity index (χ0v) is 13.1. The lowest BCUT2D eigenvalue weighted by molar-refractivity contribution is -0.124. The molecule has 1 saturated carbocycles. The molecule has 0 aliphatic heterocycles. The van der Waals surface area contributed by atoms with Crippen molar-refractivity contribution >= 4 is 17.5 Å². The monoisotopic (exact) mass is 313 g/mol. The normalized spacial score (nSPS) is 25.4. The molecule has 0 unspecified atom stereocenters. The average molecular weight is 314 g/mol. The summed E-state index contributed by atoms with van der Waals surface area (Å²) in [6.07, 6.45) is 3.38. The van der Waals surface area contributed by atoms with Gasteiger partial charge in [-0.1, -0.05) is 38.3 Å². The molecule has 5 heteroatoms. The number of ether oxygens (including phenoxy) is 1. The molecule has 1 amide bonds. The molecule has 3 atom stereocenters. The Kier molecular flexibility index (Phi) is 5.45. The Morgan fingerprint density at radius 3 is 2.90 bits per heavy atom. The summed E-state index contributed by atoms with van der Waals surface area (Å²) in [6, 6.07) is 4.26. The van der Waals surface area contributed by atoms with Crippen molar-refractivity contribution in [3.8, 4) is 5.75 Å². The third kappa shape index (κ3) is 4.34. The number of rotatable bonds is 4. The van der Waals surface area contributed by atoms with Gasteiger partial charge >= 0.3 is 0 Å². The van der Waals surface area contributed by atoms with E-state index >= 15 is 0 Å². The third-order valence-electron chi connectivity index (χ3n) is 4.31. The molecule has 0 saturated heterocycles. The Morgan fingerprint density at radius 1 is 1.43 bits per heavy atom. The van der Waals surface area contributed by atoms with Crippen molar-refractivity contribution in [2.75, 3.05) is 6.61 Å². The molecule has 1 aliphatic rings. The lowest BCUT2D eigenvalue weighted by Crippen LogP contribution is -2.45. The quantitative estimate of drug-likeness (QED) is 0.918. The second-order valence-corrected chi connectivity index (χ2v) is 6.21. The number of carbonyl (C=O) groups excluding carboxylic acids is 1. The smallest absolute Gasteiger partial charge is 0.258 e. The van der Waals surface area contributed by atoms with Gasteiger partial charge in [0.15, 0.2) is 6.61 Å². The summed E-state index contributed by atoms with van der Waals surface area (Å²) >= 11 is 5.66. The van der Waals surface area contributed by atoms with Crippen molar-refractivity contribution in [1.29, 1.82) is 0 Å². The summed E-state index contributed by atoms with van der Waals surface area (Å²) in [5.41, 5.74) is 0. The molecule has 2 rings (SSSR count). The fourth-order valence-corrected chi connectivity index (χ4v) is 2.92. The van der Waals surface area contributed by atoms with Gasteiger partial charge in [0.1, 0.15) is 11.6 Å². The summed E-state index contributed by atoms with van der Waals surface area (Å²) in [7, 11) is 0. The van der Waals surface area contributed by atoms with Crippen LogP contribution in [0.25, 0.3) is 0 Å². The number of carbonyl (C=O) groups is 1. The maximum atomic E-state index is 13.0. The van der Waals surface area contributed by atoms with Crippen LogP contribution in [-0.4, -0.2) is 18.6 Å². The predicted octanol–water partition coefficient (Wildman–Crippen LogP) is 3.80. The van der Waals surface area contributed by atoms with Crippen LogP contribution in [0.15, 0.2) is 18.2 Å². The van der Waals surface area contributed by atoms with Crippen molar-refractivity contribution in [2.24, 2.45) is 11.8 Å². The van der Waals surface area contributed by atoms with Gasteiger partial charge < -0.3 is 10.1 Å². The minimum Gasteiger partial charge on any atom is -0.484 e. The van der Waals surface area contributed by atoms with Gasteiger partial charge in [-0.3, -0.25) is 4.79 Å². The maximum Gasteiger partial charge on any atom is 0.258 e. The number of hydrogen-bond donors (Lipinski definition) is 1. The highest BCUT2D eigenvalue weighted by molar-refractivity contribution is 6.30. The molecule has 1 fully saturated rings. The molecule has 1 aliphatic carbocycles. The number of amides is 1. The van der Waals surface area contributed by atoms with Crippen LogP contribution in [0.1, 0.15) is 33.1 Å². The van der Waals surface area contributed by atoms with E-state index < -0.39 is 5.82 Å². The van der Waals surface area contributed by atoms with Crippen LogP contribution in [-0.2, 0) is 4.79 Å². The van der Waals surface area contributed by atoms with Crippen LogP contribution in [0.2, 0.25) is 5.02 Å². The first-order valence-electron chi connectivity index (χ1n) is 7.34. The van der Waals surface area contributed by atoms with Crippen molar-refractivity contribution in [3.05, 3.63) is 29.0 Å². The van der Waals surface area contributed by atoms with Crippen molar-refractivity contribution in [2.45, 2.75) is 39.2 Å². The van der Waals surface area contributed by atoms with E-state index in [2.05, 4.69) is 19.2 Å². The molecular formula is C16H21ClFNO2. The van der Waals surface area contributed by atoms with E-state index in [-0.39, 0.29) is 23.6 Å². The van der Waals surface area contributed by atoms with Gasteiger partial charge in [-0.05, 0) is 30.4 Å². The lowest BCUT2D eigenvalue weighted by Gasteiger charge is -2.34. The zero-order chi connectivity index (χ0) is 15.4. The molecule has 21 heavy (non-hydrogen) atoms. The number of halogens is 2. The Hall–Kier alpha value is -1.29. The summed E-state index contributed by atoms with van der Waals surface area (Å²) in [5, 5.41) is 3.01. The summed E-state index contributed by atoms with van der Waals surface area (Å²) in [6.45, 7) is 4.31.